The Morgan fingerprint density at radius 1 is 1.17 bits per heavy atom. The maximum Gasteiger partial charge on any atom is 0.308 e. The molecule has 182 valence electrons. The van der Waals surface area contributed by atoms with Crippen LogP contribution in [0.5, 0.6) is 0 Å². The number of ether oxygens (including phenoxy) is 1. The zero-order valence-electron chi connectivity index (χ0n) is 21.3. The van der Waals surface area contributed by atoms with Crippen LogP contribution < -0.4 is 5.32 Å². The molecule has 1 aliphatic rings. The van der Waals surface area contributed by atoms with Crippen molar-refractivity contribution in [2.75, 3.05) is 13.6 Å². The molecule has 1 aliphatic heterocycles. The number of benzene rings is 1. The van der Waals surface area contributed by atoms with E-state index in [0.29, 0.717) is 12.4 Å². The highest BCUT2D eigenvalue weighted by Crippen LogP contribution is 2.39. The van der Waals surface area contributed by atoms with E-state index < -0.39 is 11.6 Å². The Balaban J connectivity index is 1.84. The molecule has 7 nitrogen and oxygen atoms in total. The van der Waals surface area contributed by atoms with Gasteiger partial charge in [0.1, 0.15) is 22.5 Å². The zero-order chi connectivity index (χ0) is 25.3. The Morgan fingerprint density at radius 2 is 1.89 bits per heavy atom. The summed E-state index contributed by atoms with van der Waals surface area (Å²) < 4.78 is 7.67. The number of aliphatic imine (C=N–C) groups is 1. The quantitative estimate of drug-likeness (QED) is 0.433. The van der Waals surface area contributed by atoms with E-state index in [0.717, 1.165) is 33.2 Å². The summed E-state index contributed by atoms with van der Waals surface area (Å²) in [4.78, 5) is 19.2. The minimum absolute atomic E-state index is 0.0828. The van der Waals surface area contributed by atoms with E-state index >= 15 is 0 Å². The van der Waals surface area contributed by atoms with Crippen LogP contribution in [0.4, 0.5) is 0 Å². The average Bonchev–Trinajstić information content (AvgIpc) is 3.25. The van der Waals surface area contributed by atoms with Crippen molar-refractivity contribution >= 4 is 23.0 Å². The van der Waals surface area contributed by atoms with E-state index in [2.05, 4.69) is 41.2 Å². The number of esters is 1. The summed E-state index contributed by atoms with van der Waals surface area (Å²) >= 11 is 1.69. The third-order valence-electron chi connectivity index (χ3n) is 5.68. The smallest absolute Gasteiger partial charge is 0.308 e. The number of nitrogens with zero attached hydrogens (tertiary/aromatic N) is 4. The summed E-state index contributed by atoms with van der Waals surface area (Å²) in [5.41, 5.74) is 4.40. The molecule has 3 heterocycles. The standard InChI is InChI=1S/C27H31N5O2S/c1-16-17(2)35-26-23(16)24(20-12-10-19(11-13-20)9-8-14-28-7)29-21(15-22(33)34-27(4,5)6)25-31-30-18(3)32(25)26/h10-13,21,28H,14-15H2,1-7H3/t21-/m1/s1. The topological polar surface area (TPSA) is 81.4 Å². The molecule has 0 aliphatic carbocycles. The predicted molar refractivity (Wildman–Crippen MR) is 140 cm³/mol. The lowest BCUT2D eigenvalue weighted by atomic mass is 9.98. The van der Waals surface area contributed by atoms with Gasteiger partial charge in [-0.05, 0) is 66.3 Å². The summed E-state index contributed by atoms with van der Waals surface area (Å²) in [6.45, 7) is 12.4. The van der Waals surface area contributed by atoms with E-state index in [1.165, 1.54) is 10.4 Å². The summed E-state index contributed by atoms with van der Waals surface area (Å²) in [5, 5.41) is 12.8. The lowest BCUT2D eigenvalue weighted by molar-refractivity contribution is -0.155. The van der Waals surface area contributed by atoms with E-state index in [1.807, 2.05) is 63.6 Å². The molecular weight excluding hydrogens is 458 g/mol. The maximum atomic E-state index is 12.8. The first-order valence-electron chi connectivity index (χ1n) is 11.6. The second kappa shape index (κ2) is 9.76. The summed E-state index contributed by atoms with van der Waals surface area (Å²) in [5.74, 6) is 7.36. The normalized spacial score (nSPS) is 14.8. The lowest BCUT2D eigenvalue weighted by Gasteiger charge is -2.21. The molecular formula is C27H31N5O2S. The summed E-state index contributed by atoms with van der Waals surface area (Å²) in [6.07, 6.45) is 0.0828. The fourth-order valence-electron chi connectivity index (χ4n) is 4.01. The minimum Gasteiger partial charge on any atom is -0.460 e. The van der Waals surface area contributed by atoms with Gasteiger partial charge in [-0.1, -0.05) is 24.0 Å². The van der Waals surface area contributed by atoms with Crippen LogP contribution in [0, 0.1) is 32.6 Å². The molecule has 0 spiro atoms. The maximum absolute atomic E-state index is 12.8. The van der Waals surface area contributed by atoms with Crippen LogP contribution in [0.25, 0.3) is 5.00 Å². The van der Waals surface area contributed by atoms with Crippen LogP contribution >= 0.6 is 11.3 Å². The van der Waals surface area contributed by atoms with Crippen LogP contribution in [-0.2, 0) is 9.53 Å². The molecule has 0 saturated carbocycles. The molecule has 4 rings (SSSR count). The molecule has 0 bridgehead atoms. The fraction of sp³-hybridized carbons (Fsp3) is 0.407. The molecule has 0 fully saturated rings. The van der Waals surface area contributed by atoms with Crippen molar-refractivity contribution in [3.8, 4) is 16.8 Å². The van der Waals surface area contributed by atoms with Gasteiger partial charge in [0.25, 0.3) is 0 Å². The molecule has 2 aromatic heterocycles. The fourth-order valence-corrected chi connectivity index (χ4v) is 5.23. The van der Waals surface area contributed by atoms with Gasteiger partial charge in [0, 0.05) is 21.6 Å². The number of thiophene rings is 1. The molecule has 1 atom stereocenters. The van der Waals surface area contributed by atoms with Crippen molar-refractivity contribution in [2.45, 2.75) is 59.6 Å². The van der Waals surface area contributed by atoms with E-state index in [-0.39, 0.29) is 12.4 Å². The molecule has 0 unspecified atom stereocenters. The van der Waals surface area contributed by atoms with Crippen molar-refractivity contribution in [1.29, 1.82) is 0 Å². The molecule has 0 radical (unpaired) electrons. The van der Waals surface area contributed by atoms with E-state index in [1.54, 1.807) is 11.3 Å². The van der Waals surface area contributed by atoms with Gasteiger partial charge in [-0.25, -0.2) is 0 Å². The minimum atomic E-state index is -0.575. The van der Waals surface area contributed by atoms with Crippen LogP contribution in [0.3, 0.4) is 0 Å². The first kappa shape index (κ1) is 24.8. The number of hydrogen-bond donors (Lipinski definition) is 1. The number of carbonyl (C=O) groups is 1. The number of aryl methyl sites for hydroxylation is 2. The third kappa shape index (κ3) is 5.21. The van der Waals surface area contributed by atoms with Gasteiger partial charge in [0.2, 0.25) is 0 Å². The van der Waals surface area contributed by atoms with Crippen LogP contribution in [0.2, 0.25) is 0 Å². The van der Waals surface area contributed by atoms with Gasteiger partial charge in [-0.3, -0.25) is 14.4 Å². The van der Waals surface area contributed by atoms with Crippen molar-refractivity contribution in [1.82, 2.24) is 20.1 Å². The van der Waals surface area contributed by atoms with Crippen molar-refractivity contribution in [3.05, 3.63) is 63.0 Å². The van der Waals surface area contributed by atoms with Crippen LogP contribution in [-0.4, -0.2) is 45.6 Å². The highest BCUT2D eigenvalue weighted by Gasteiger charge is 2.33. The first-order chi connectivity index (χ1) is 16.6. The Hall–Kier alpha value is -3.28. The summed E-state index contributed by atoms with van der Waals surface area (Å²) in [6, 6.07) is 7.59. The monoisotopic (exact) mass is 489 g/mol. The Labute approximate surface area is 210 Å². The number of hydrogen-bond acceptors (Lipinski definition) is 7. The van der Waals surface area contributed by atoms with Gasteiger partial charge >= 0.3 is 5.97 Å². The van der Waals surface area contributed by atoms with Crippen molar-refractivity contribution in [3.63, 3.8) is 0 Å². The van der Waals surface area contributed by atoms with Gasteiger partial charge in [0.15, 0.2) is 5.82 Å². The molecule has 8 heteroatoms. The number of fused-ring (bicyclic) bond motifs is 3. The number of carbonyl (C=O) groups excluding carboxylic acids is 1. The number of aromatic nitrogens is 3. The predicted octanol–water partition coefficient (Wildman–Crippen LogP) is 4.45. The SMILES string of the molecule is CNCC#Cc1ccc(C2=N[C@H](CC(=O)OC(C)(C)C)c3nnc(C)n3-c3sc(C)c(C)c32)cc1. The Morgan fingerprint density at radius 3 is 2.54 bits per heavy atom. The first-order valence-corrected chi connectivity index (χ1v) is 12.5. The molecule has 0 saturated heterocycles. The van der Waals surface area contributed by atoms with Crippen LogP contribution in [0.15, 0.2) is 29.3 Å². The van der Waals surface area contributed by atoms with Gasteiger partial charge in [-0.2, -0.15) is 0 Å². The van der Waals surface area contributed by atoms with Crippen molar-refractivity contribution < 1.29 is 9.53 Å². The second-order valence-corrected chi connectivity index (χ2v) is 10.8. The average molecular weight is 490 g/mol. The zero-order valence-corrected chi connectivity index (χ0v) is 22.1. The third-order valence-corrected chi connectivity index (χ3v) is 6.87. The van der Waals surface area contributed by atoms with Crippen LogP contribution in [0.1, 0.15) is 72.0 Å². The van der Waals surface area contributed by atoms with Crippen molar-refractivity contribution in [2.24, 2.45) is 4.99 Å². The highest BCUT2D eigenvalue weighted by atomic mass is 32.1. The molecule has 1 N–H and O–H groups in total. The van der Waals surface area contributed by atoms with E-state index in [9.17, 15) is 4.79 Å². The number of nitrogens with one attached hydrogen (secondary N) is 1. The molecule has 1 aromatic carbocycles. The summed E-state index contributed by atoms with van der Waals surface area (Å²) in [7, 11) is 1.88. The second-order valence-electron chi connectivity index (χ2n) is 9.60. The van der Waals surface area contributed by atoms with Gasteiger partial charge < -0.3 is 10.1 Å². The molecule has 3 aromatic rings. The Kier molecular flexibility index (Phi) is 6.93. The number of rotatable bonds is 4. The highest BCUT2D eigenvalue weighted by molar-refractivity contribution is 7.15. The molecule has 0 amide bonds. The largest absolute Gasteiger partial charge is 0.460 e. The molecule has 35 heavy (non-hydrogen) atoms. The Bertz CT molecular complexity index is 1350. The van der Waals surface area contributed by atoms with E-state index in [4.69, 9.17) is 9.73 Å². The van der Waals surface area contributed by atoms with Gasteiger partial charge in [-0.15, -0.1) is 21.5 Å². The van der Waals surface area contributed by atoms with Gasteiger partial charge in [0.05, 0.1) is 18.7 Å². The lowest BCUT2D eigenvalue weighted by Crippen LogP contribution is -2.25.